The van der Waals surface area contributed by atoms with Crippen molar-refractivity contribution < 1.29 is 0 Å². The van der Waals surface area contributed by atoms with Crippen molar-refractivity contribution in [2.45, 2.75) is 57.5 Å². The number of fused-ring (bicyclic) bond motifs is 1. The van der Waals surface area contributed by atoms with Crippen molar-refractivity contribution in [3.8, 4) is 0 Å². The number of nitrogens with zero attached hydrogens (tertiary/aromatic N) is 3. The predicted molar refractivity (Wildman–Crippen MR) is 90.7 cm³/mol. The van der Waals surface area contributed by atoms with Crippen molar-refractivity contribution in [1.82, 2.24) is 19.9 Å². The summed E-state index contributed by atoms with van der Waals surface area (Å²) in [5, 5.41) is 4.51. The third-order valence-electron chi connectivity index (χ3n) is 5.19. The lowest BCUT2D eigenvalue weighted by Crippen LogP contribution is -2.32. The molecule has 3 atom stereocenters. The third-order valence-corrected chi connectivity index (χ3v) is 5.19. The molecule has 1 saturated carbocycles. The van der Waals surface area contributed by atoms with Crippen molar-refractivity contribution >= 4 is 16.9 Å². The Kier molecular flexibility index (Phi) is 4.62. The molecule has 0 saturated heterocycles. The van der Waals surface area contributed by atoms with E-state index in [-0.39, 0.29) is 0 Å². The van der Waals surface area contributed by atoms with Gasteiger partial charge in [0.1, 0.15) is 17.8 Å². The van der Waals surface area contributed by atoms with Crippen LogP contribution in [-0.4, -0.2) is 27.6 Å². The van der Waals surface area contributed by atoms with Crippen LogP contribution in [0.3, 0.4) is 0 Å². The Labute approximate surface area is 132 Å². The van der Waals surface area contributed by atoms with Gasteiger partial charge in [0.15, 0.2) is 0 Å². The van der Waals surface area contributed by atoms with E-state index in [4.69, 9.17) is 5.73 Å². The molecule has 1 aliphatic rings. The van der Waals surface area contributed by atoms with Gasteiger partial charge in [-0.1, -0.05) is 19.8 Å². The van der Waals surface area contributed by atoms with E-state index in [1.807, 2.05) is 6.07 Å². The second-order valence-electron chi connectivity index (χ2n) is 6.48. The molecule has 3 N–H and O–H groups in total. The molecular weight excluding hydrogens is 274 g/mol. The van der Waals surface area contributed by atoms with Gasteiger partial charge in [-0.05, 0) is 44.7 Å². The van der Waals surface area contributed by atoms with Crippen LogP contribution in [0.1, 0.15) is 51.5 Å². The number of hydrogen-bond donors (Lipinski definition) is 2. The summed E-state index contributed by atoms with van der Waals surface area (Å²) in [6.45, 7) is 2.26. The van der Waals surface area contributed by atoms with Gasteiger partial charge < -0.3 is 15.6 Å². The third kappa shape index (κ3) is 2.82. The average molecular weight is 301 g/mol. The Morgan fingerprint density at radius 3 is 3.05 bits per heavy atom. The summed E-state index contributed by atoms with van der Waals surface area (Å²) in [5.74, 6) is 1.34. The topological polar surface area (TPSA) is 68.8 Å². The lowest BCUT2D eigenvalue weighted by atomic mass is 9.93. The van der Waals surface area contributed by atoms with Crippen molar-refractivity contribution in [1.29, 1.82) is 0 Å². The van der Waals surface area contributed by atoms with Gasteiger partial charge in [0.05, 0.1) is 5.39 Å². The number of aromatic nitrogens is 3. The largest absolute Gasteiger partial charge is 0.383 e. The zero-order valence-electron chi connectivity index (χ0n) is 13.6. The summed E-state index contributed by atoms with van der Waals surface area (Å²) in [6, 6.07) is 3.23. The van der Waals surface area contributed by atoms with Gasteiger partial charge in [0, 0.05) is 18.3 Å². The molecule has 3 rings (SSSR count). The van der Waals surface area contributed by atoms with Gasteiger partial charge in [-0.3, -0.25) is 0 Å². The summed E-state index contributed by atoms with van der Waals surface area (Å²) in [7, 11) is 2.10. The highest BCUT2D eigenvalue weighted by atomic mass is 15.1. The molecule has 1 aliphatic carbocycles. The van der Waals surface area contributed by atoms with Crippen LogP contribution in [0.15, 0.2) is 18.6 Å². The van der Waals surface area contributed by atoms with Gasteiger partial charge >= 0.3 is 0 Å². The summed E-state index contributed by atoms with van der Waals surface area (Å²) >= 11 is 0. The molecule has 0 bridgehead atoms. The minimum absolute atomic E-state index is 0.536. The zero-order valence-corrected chi connectivity index (χ0v) is 13.6. The van der Waals surface area contributed by atoms with Crippen molar-refractivity contribution in [2.24, 2.45) is 5.92 Å². The Morgan fingerprint density at radius 2 is 2.27 bits per heavy atom. The van der Waals surface area contributed by atoms with Crippen molar-refractivity contribution in [2.75, 3.05) is 12.8 Å². The highest BCUT2D eigenvalue weighted by Crippen LogP contribution is 2.39. The lowest BCUT2D eigenvalue weighted by Gasteiger charge is -2.23. The molecule has 3 unspecified atom stereocenters. The summed E-state index contributed by atoms with van der Waals surface area (Å²) in [4.78, 5) is 8.52. The van der Waals surface area contributed by atoms with Gasteiger partial charge in [-0.15, -0.1) is 0 Å². The van der Waals surface area contributed by atoms with Gasteiger partial charge in [0.2, 0.25) is 0 Å². The fourth-order valence-electron chi connectivity index (χ4n) is 3.93. The maximum absolute atomic E-state index is 5.95. The summed E-state index contributed by atoms with van der Waals surface area (Å²) in [5.41, 5.74) is 6.93. The zero-order chi connectivity index (χ0) is 15.5. The molecular formula is C17H27N5. The first-order valence-corrected chi connectivity index (χ1v) is 8.48. The first kappa shape index (κ1) is 15.3. The highest BCUT2D eigenvalue weighted by Gasteiger charge is 2.31. The van der Waals surface area contributed by atoms with Crippen LogP contribution >= 0.6 is 0 Å². The van der Waals surface area contributed by atoms with E-state index >= 15 is 0 Å². The molecule has 0 spiro atoms. The Hall–Kier alpha value is -1.62. The predicted octanol–water partition coefficient (Wildman–Crippen LogP) is 3.13. The first-order chi connectivity index (χ1) is 10.7. The monoisotopic (exact) mass is 301 g/mol. The molecule has 2 aromatic heterocycles. The molecule has 5 nitrogen and oxygen atoms in total. The molecule has 0 aromatic carbocycles. The van der Waals surface area contributed by atoms with Crippen LogP contribution in [0.25, 0.3) is 11.0 Å². The van der Waals surface area contributed by atoms with Crippen LogP contribution in [0.4, 0.5) is 5.82 Å². The Bertz CT molecular complexity index is 621. The minimum Gasteiger partial charge on any atom is -0.383 e. The number of unbranched alkanes of at least 4 members (excludes halogenated alkanes) is 1. The van der Waals surface area contributed by atoms with E-state index in [1.54, 1.807) is 6.33 Å². The molecule has 5 heteroatoms. The van der Waals surface area contributed by atoms with Crippen LogP contribution in [0.2, 0.25) is 0 Å². The summed E-state index contributed by atoms with van der Waals surface area (Å²) < 4.78 is 2.31. The van der Waals surface area contributed by atoms with Gasteiger partial charge in [-0.2, -0.15) is 0 Å². The Morgan fingerprint density at radius 1 is 1.41 bits per heavy atom. The lowest BCUT2D eigenvalue weighted by molar-refractivity contribution is 0.341. The number of nitrogen functional groups attached to an aromatic ring is 1. The molecule has 22 heavy (non-hydrogen) atoms. The Balaban J connectivity index is 1.75. The number of hydrogen-bond acceptors (Lipinski definition) is 4. The average Bonchev–Trinajstić information content (AvgIpc) is 3.15. The minimum atomic E-state index is 0.536. The van der Waals surface area contributed by atoms with Crippen molar-refractivity contribution in [3.63, 3.8) is 0 Å². The molecule has 1 fully saturated rings. The smallest absolute Gasteiger partial charge is 0.145 e. The molecule has 120 valence electrons. The van der Waals surface area contributed by atoms with E-state index in [0.29, 0.717) is 17.9 Å². The van der Waals surface area contributed by atoms with Crippen molar-refractivity contribution in [3.05, 3.63) is 18.6 Å². The maximum atomic E-state index is 5.95. The van der Waals surface area contributed by atoms with Crippen LogP contribution in [0.5, 0.6) is 0 Å². The van der Waals surface area contributed by atoms with E-state index < -0.39 is 0 Å². The number of nitrogens with one attached hydrogen (secondary N) is 1. The van der Waals surface area contributed by atoms with E-state index in [9.17, 15) is 0 Å². The molecule has 2 heterocycles. The van der Waals surface area contributed by atoms with Crippen LogP contribution in [-0.2, 0) is 0 Å². The number of rotatable bonds is 6. The highest BCUT2D eigenvalue weighted by molar-refractivity contribution is 5.86. The molecule has 0 aliphatic heterocycles. The second-order valence-corrected chi connectivity index (χ2v) is 6.48. The van der Waals surface area contributed by atoms with E-state index in [0.717, 1.165) is 17.0 Å². The standard InChI is InChI=1S/C17H27N5/c1-3-4-5-15(19-2)12-6-7-13(10-12)22-9-8-14-16(18)20-11-21-17(14)22/h8-9,11-13,15,19H,3-7,10H2,1-2H3,(H2,18,20,21). The van der Waals surface area contributed by atoms with Crippen LogP contribution in [0, 0.1) is 5.92 Å². The SMILES string of the molecule is CCCCC(NC)C1CCC(n2ccc3c(N)ncnc32)C1. The second kappa shape index (κ2) is 6.65. The normalized spacial score (nSPS) is 23.2. The van der Waals surface area contributed by atoms with Gasteiger partial charge in [0.25, 0.3) is 0 Å². The molecule has 2 aromatic rings. The van der Waals surface area contributed by atoms with Gasteiger partial charge in [-0.25, -0.2) is 9.97 Å². The fourth-order valence-corrected chi connectivity index (χ4v) is 3.93. The molecule has 0 amide bonds. The fraction of sp³-hybridized carbons (Fsp3) is 0.647. The quantitative estimate of drug-likeness (QED) is 0.860. The maximum Gasteiger partial charge on any atom is 0.145 e. The number of anilines is 1. The number of nitrogens with two attached hydrogens (primary N) is 1. The van der Waals surface area contributed by atoms with E-state index in [2.05, 4.69) is 40.0 Å². The summed E-state index contributed by atoms with van der Waals surface area (Å²) in [6.07, 6.45) is 11.3. The van der Waals surface area contributed by atoms with Crippen LogP contribution < -0.4 is 11.1 Å². The van der Waals surface area contributed by atoms with E-state index in [1.165, 1.54) is 38.5 Å². The first-order valence-electron chi connectivity index (χ1n) is 8.48. The molecule has 0 radical (unpaired) electrons.